The molecule has 3 aromatic rings. The maximum absolute atomic E-state index is 15.3. The summed E-state index contributed by atoms with van der Waals surface area (Å²) in [6, 6.07) is 16.2. The maximum atomic E-state index is 15.3. The maximum Gasteiger partial charge on any atom is 0.243 e. The van der Waals surface area contributed by atoms with Crippen molar-refractivity contribution in [3.8, 4) is 0 Å². The largest absolute Gasteiger partial charge is 0.381 e. The number of carbonyl (C=O) groups excluding carboxylic acids is 1. The van der Waals surface area contributed by atoms with Crippen LogP contribution in [0, 0.1) is 17.6 Å². The highest BCUT2D eigenvalue weighted by Crippen LogP contribution is 2.26. The summed E-state index contributed by atoms with van der Waals surface area (Å²) in [5, 5.41) is 9.51. The Labute approximate surface area is 274 Å². The lowest BCUT2D eigenvalue weighted by Gasteiger charge is -2.35. The first-order valence-corrected chi connectivity index (χ1v) is 17.6. The third kappa shape index (κ3) is 8.90. The molecule has 2 fully saturated rings. The zero-order chi connectivity index (χ0) is 32.5. The van der Waals surface area contributed by atoms with E-state index in [-0.39, 0.29) is 28.7 Å². The van der Waals surface area contributed by atoms with Crippen LogP contribution in [0.4, 0.5) is 14.5 Å². The molecule has 2 heterocycles. The van der Waals surface area contributed by atoms with E-state index in [1.54, 1.807) is 42.5 Å². The van der Waals surface area contributed by atoms with Gasteiger partial charge in [-0.25, -0.2) is 17.2 Å². The van der Waals surface area contributed by atoms with Crippen LogP contribution >= 0.6 is 11.6 Å². The van der Waals surface area contributed by atoms with E-state index in [0.717, 1.165) is 32.5 Å². The fourth-order valence-corrected chi connectivity index (χ4v) is 7.94. The van der Waals surface area contributed by atoms with Crippen LogP contribution in [0.15, 0.2) is 71.6 Å². The van der Waals surface area contributed by atoms with Crippen LogP contribution in [-0.2, 0) is 32.4 Å². The number of hydrogen-bond acceptors (Lipinski definition) is 6. The number of piperazine rings is 1. The molecule has 1 amide bonds. The summed E-state index contributed by atoms with van der Waals surface area (Å²) in [6.45, 7) is 3.29. The Morgan fingerprint density at radius 2 is 1.80 bits per heavy atom. The Morgan fingerprint density at radius 3 is 2.57 bits per heavy atom. The van der Waals surface area contributed by atoms with E-state index in [1.807, 2.05) is 0 Å². The van der Waals surface area contributed by atoms with Crippen molar-refractivity contribution in [3.05, 3.63) is 94.5 Å². The van der Waals surface area contributed by atoms with Gasteiger partial charge in [0, 0.05) is 50.1 Å². The van der Waals surface area contributed by atoms with Crippen LogP contribution < -0.4 is 16.0 Å². The molecule has 0 unspecified atom stereocenters. The third-order valence-corrected chi connectivity index (χ3v) is 11.0. The molecular formula is C34H41ClF2N4O4S. The van der Waals surface area contributed by atoms with Gasteiger partial charge in [0.15, 0.2) is 0 Å². The predicted molar refractivity (Wildman–Crippen MR) is 175 cm³/mol. The van der Waals surface area contributed by atoms with Gasteiger partial charge in [0.05, 0.1) is 16.0 Å². The van der Waals surface area contributed by atoms with Crippen LogP contribution in [0.5, 0.6) is 0 Å². The molecule has 2 aliphatic rings. The lowest BCUT2D eigenvalue weighted by atomic mass is 9.96. The van der Waals surface area contributed by atoms with Crippen LogP contribution in [0.3, 0.4) is 0 Å². The van der Waals surface area contributed by atoms with Crippen molar-refractivity contribution in [3.63, 3.8) is 0 Å². The van der Waals surface area contributed by atoms with Crippen LogP contribution in [-0.4, -0.2) is 70.1 Å². The number of sulfonamides is 1. The second-order valence-corrected chi connectivity index (χ2v) is 14.2. The smallest absolute Gasteiger partial charge is 0.243 e. The van der Waals surface area contributed by atoms with Crippen molar-refractivity contribution in [2.75, 3.05) is 44.7 Å². The van der Waals surface area contributed by atoms with Gasteiger partial charge in [0.25, 0.3) is 0 Å². The number of benzene rings is 3. The first-order chi connectivity index (χ1) is 22.2. The second kappa shape index (κ2) is 16.3. The zero-order valence-corrected chi connectivity index (χ0v) is 27.3. The molecule has 0 saturated carbocycles. The molecule has 2 aliphatic heterocycles. The molecule has 0 aliphatic carbocycles. The lowest BCUT2D eigenvalue weighted by Crippen LogP contribution is -2.53. The minimum atomic E-state index is -3.74. The molecule has 8 nitrogen and oxygen atoms in total. The Balaban J connectivity index is 1.30. The van der Waals surface area contributed by atoms with E-state index in [1.165, 1.54) is 28.6 Å². The van der Waals surface area contributed by atoms with E-state index < -0.39 is 33.7 Å². The summed E-state index contributed by atoms with van der Waals surface area (Å²) in [5.41, 5.74) is 1.23. The van der Waals surface area contributed by atoms with Gasteiger partial charge in [-0.3, -0.25) is 4.79 Å². The van der Waals surface area contributed by atoms with Crippen LogP contribution in [0.2, 0.25) is 5.02 Å². The number of amides is 1. The number of nitrogens with one attached hydrogen (secondary N) is 3. The van der Waals surface area contributed by atoms with E-state index in [9.17, 15) is 17.6 Å². The summed E-state index contributed by atoms with van der Waals surface area (Å²) in [6.07, 6.45) is 3.56. The highest BCUT2D eigenvalue weighted by atomic mass is 35.5. The van der Waals surface area contributed by atoms with Crippen LogP contribution in [0.25, 0.3) is 0 Å². The summed E-state index contributed by atoms with van der Waals surface area (Å²) in [5.74, 6) is -0.926. The first-order valence-electron chi connectivity index (χ1n) is 15.8. The Morgan fingerprint density at radius 1 is 1.02 bits per heavy atom. The second-order valence-electron chi connectivity index (χ2n) is 11.9. The molecule has 5 rings (SSSR count). The molecule has 3 N–H and O–H groups in total. The average Bonchev–Trinajstić information content (AvgIpc) is 3.06. The van der Waals surface area contributed by atoms with E-state index >= 15 is 4.39 Å². The molecule has 46 heavy (non-hydrogen) atoms. The van der Waals surface area contributed by atoms with Gasteiger partial charge in [-0.1, -0.05) is 41.9 Å². The Bertz CT molecular complexity index is 1570. The monoisotopic (exact) mass is 674 g/mol. The summed E-state index contributed by atoms with van der Waals surface area (Å²) >= 11 is 5.88. The molecule has 0 aromatic heterocycles. The number of halogens is 3. The van der Waals surface area contributed by atoms with Gasteiger partial charge >= 0.3 is 0 Å². The first kappa shape index (κ1) is 34.4. The number of rotatable bonds is 13. The Kier molecular flexibility index (Phi) is 12.2. The SMILES string of the molecule is O=C(Nc1cccc(F)c1CC[C@H]1CNCCN1S(=O)(=O)c1ccccc1)[C@H](Cc1ccc(Cl)c(F)c1)NCCC1CCOCC1. The number of hydrogen-bond donors (Lipinski definition) is 3. The summed E-state index contributed by atoms with van der Waals surface area (Å²) in [4.78, 5) is 13.9. The molecule has 0 bridgehead atoms. The minimum absolute atomic E-state index is 0.00457. The highest BCUT2D eigenvalue weighted by molar-refractivity contribution is 7.89. The van der Waals surface area contributed by atoms with Gasteiger partial charge < -0.3 is 20.7 Å². The van der Waals surface area contributed by atoms with Crippen molar-refractivity contribution in [1.29, 1.82) is 0 Å². The zero-order valence-electron chi connectivity index (χ0n) is 25.7. The van der Waals surface area contributed by atoms with Gasteiger partial charge in [-0.2, -0.15) is 4.31 Å². The number of nitrogens with zero attached hydrogens (tertiary/aromatic N) is 1. The van der Waals surface area contributed by atoms with Gasteiger partial charge in [0.2, 0.25) is 15.9 Å². The molecular weight excluding hydrogens is 634 g/mol. The van der Waals surface area contributed by atoms with E-state index in [2.05, 4.69) is 16.0 Å². The fourth-order valence-electron chi connectivity index (χ4n) is 6.15. The molecule has 3 aromatic carbocycles. The minimum Gasteiger partial charge on any atom is -0.381 e. The van der Waals surface area contributed by atoms with E-state index in [4.69, 9.17) is 16.3 Å². The van der Waals surface area contributed by atoms with Crippen molar-refractivity contribution >= 4 is 33.2 Å². The predicted octanol–water partition coefficient (Wildman–Crippen LogP) is 5.17. The van der Waals surface area contributed by atoms with Crippen molar-refractivity contribution in [2.45, 2.75) is 55.5 Å². The topological polar surface area (TPSA) is 99.8 Å². The molecule has 248 valence electrons. The Hall–Kier alpha value is -2.93. The third-order valence-electron chi connectivity index (χ3n) is 8.77. The molecule has 0 spiro atoms. The molecule has 12 heteroatoms. The molecule has 2 atom stereocenters. The number of ether oxygens (including phenoxy) is 1. The lowest BCUT2D eigenvalue weighted by molar-refractivity contribution is -0.118. The number of carbonyl (C=O) groups is 1. The summed E-state index contributed by atoms with van der Waals surface area (Å²) in [7, 11) is -3.74. The highest BCUT2D eigenvalue weighted by Gasteiger charge is 2.33. The molecule has 0 radical (unpaired) electrons. The molecule has 2 saturated heterocycles. The average molecular weight is 675 g/mol. The van der Waals surface area contributed by atoms with Crippen molar-refractivity contribution in [2.24, 2.45) is 5.92 Å². The standard InChI is InChI=1S/C34H41ClF2N4O4S/c35-29-12-9-25(21-31(29)37)22-33(39-16-13-24-14-19-45-20-15-24)34(42)40-32-8-4-7-30(36)28(32)11-10-26-23-38-17-18-41(26)46(43,44)27-5-2-1-3-6-27/h1-9,12,21,24,26,33,38-39H,10-11,13-20,22-23H2,(H,40,42)/t26-,33-/m0/s1. The normalized spacial score (nSPS) is 18.7. The van der Waals surface area contributed by atoms with Gasteiger partial charge in [-0.05, 0) is 92.9 Å². The van der Waals surface area contributed by atoms with Crippen molar-refractivity contribution in [1.82, 2.24) is 14.9 Å². The van der Waals surface area contributed by atoms with Crippen molar-refractivity contribution < 1.29 is 26.7 Å². The fraction of sp³-hybridized carbons (Fsp3) is 0.441. The van der Waals surface area contributed by atoms with Gasteiger partial charge in [-0.15, -0.1) is 0 Å². The van der Waals surface area contributed by atoms with Gasteiger partial charge in [0.1, 0.15) is 11.6 Å². The quantitative estimate of drug-likeness (QED) is 0.232. The number of anilines is 1. The summed E-state index contributed by atoms with van der Waals surface area (Å²) < 4.78 is 63.4. The van der Waals surface area contributed by atoms with E-state index in [0.29, 0.717) is 55.3 Å². The van der Waals surface area contributed by atoms with Crippen LogP contribution in [0.1, 0.15) is 36.8 Å².